The van der Waals surface area contributed by atoms with Crippen LogP contribution in [0.25, 0.3) is 0 Å². The fourth-order valence-electron chi connectivity index (χ4n) is 13.7. The van der Waals surface area contributed by atoms with E-state index in [1.807, 2.05) is 0 Å². The van der Waals surface area contributed by atoms with E-state index in [9.17, 15) is 0 Å². The molecule has 6 fully saturated rings. The van der Waals surface area contributed by atoms with Gasteiger partial charge in [-0.1, -0.05) is 88.7 Å². The molecule has 266 valence electrons. The molecule has 2 heterocycles. The van der Waals surface area contributed by atoms with Gasteiger partial charge in [-0.05, 0) is 143 Å². The number of nitrogens with two attached hydrogens (primary N) is 1. The van der Waals surface area contributed by atoms with Crippen molar-refractivity contribution in [3.8, 4) is 0 Å². The number of allylic oxidation sites excluding steroid dienone is 2. The van der Waals surface area contributed by atoms with Crippen molar-refractivity contribution >= 4 is 0 Å². The van der Waals surface area contributed by atoms with Gasteiger partial charge in [0.1, 0.15) is 6.17 Å². The number of nitrogens with one attached hydrogen (secondary N) is 2. The SMILES string of the molecule is CC1CCC(C2CCC3C4C=CC5CCC=CC5C4N(C4CC=C(C5NC(C6CCCCC6)NC(C6CCCCC6)[NH2+]5)CC4)C3C2)CC1. The average molecular weight is 656 g/mol. The summed E-state index contributed by atoms with van der Waals surface area (Å²) in [5.41, 5.74) is 1.75. The van der Waals surface area contributed by atoms with Crippen LogP contribution in [0.1, 0.15) is 148 Å². The van der Waals surface area contributed by atoms with Crippen LogP contribution in [0.3, 0.4) is 0 Å². The van der Waals surface area contributed by atoms with Crippen LogP contribution in [-0.4, -0.2) is 41.5 Å². The maximum atomic E-state index is 4.25. The lowest BCUT2D eigenvalue weighted by atomic mass is 9.64. The number of rotatable bonds is 5. The molecule has 0 spiro atoms. The first kappa shape index (κ1) is 32.9. The van der Waals surface area contributed by atoms with Crippen LogP contribution in [0.5, 0.6) is 0 Å². The van der Waals surface area contributed by atoms with Crippen molar-refractivity contribution in [3.05, 3.63) is 36.0 Å². The summed E-state index contributed by atoms with van der Waals surface area (Å²) in [6.07, 6.45) is 46.7. The Balaban J connectivity index is 0.950. The van der Waals surface area contributed by atoms with Crippen molar-refractivity contribution in [1.29, 1.82) is 0 Å². The van der Waals surface area contributed by atoms with Crippen LogP contribution in [-0.2, 0) is 0 Å². The van der Waals surface area contributed by atoms with Crippen LogP contribution < -0.4 is 16.0 Å². The van der Waals surface area contributed by atoms with Gasteiger partial charge in [0.15, 0.2) is 6.17 Å². The maximum absolute atomic E-state index is 4.25. The number of hydrogen-bond acceptors (Lipinski definition) is 3. The zero-order chi connectivity index (χ0) is 32.0. The predicted molar refractivity (Wildman–Crippen MR) is 198 cm³/mol. The third kappa shape index (κ3) is 6.49. The van der Waals surface area contributed by atoms with Gasteiger partial charge in [-0.25, -0.2) is 5.32 Å². The standard InChI is InChI=1S/C44H70N4/c1-29-16-18-30(19-17-29)35-23-26-38-39-27-22-31-10-8-9-15-37(31)41(39)48(40(38)28-35)36-24-20-34(21-25-36)44-46-42(32-11-4-2-5-12-32)45-43(47-44)33-13-6-3-7-14-33/h9,15,20,22,27,29-33,35-47H,2-8,10-14,16-19,21,23-26,28H2,1H3/p+1. The van der Waals surface area contributed by atoms with Gasteiger partial charge in [-0.3, -0.25) is 10.2 Å². The summed E-state index contributed by atoms with van der Waals surface area (Å²) in [4.78, 5) is 3.27. The van der Waals surface area contributed by atoms with E-state index in [-0.39, 0.29) is 0 Å². The van der Waals surface area contributed by atoms with E-state index in [1.165, 1.54) is 141 Å². The highest BCUT2D eigenvalue weighted by molar-refractivity contribution is 5.24. The first-order chi connectivity index (χ1) is 23.7. The van der Waals surface area contributed by atoms with Gasteiger partial charge in [-0.15, -0.1) is 0 Å². The fourth-order valence-corrected chi connectivity index (χ4v) is 13.7. The van der Waals surface area contributed by atoms with Crippen LogP contribution in [0.2, 0.25) is 0 Å². The maximum Gasteiger partial charge on any atom is 0.164 e. The van der Waals surface area contributed by atoms with Gasteiger partial charge in [0.05, 0.1) is 6.17 Å². The summed E-state index contributed by atoms with van der Waals surface area (Å²) in [6, 6.07) is 2.33. The van der Waals surface area contributed by atoms with Gasteiger partial charge in [0.25, 0.3) is 0 Å². The molecule has 0 aromatic rings. The van der Waals surface area contributed by atoms with E-state index in [1.54, 1.807) is 5.57 Å². The summed E-state index contributed by atoms with van der Waals surface area (Å²) < 4.78 is 0. The summed E-state index contributed by atoms with van der Waals surface area (Å²) in [6.45, 7) is 2.51. The molecule has 0 radical (unpaired) electrons. The molecule has 7 aliphatic carbocycles. The molecule has 0 aromatic carbocycles. The summed E-state index contributed by atoms with van der Waals surface area (Å²) >= 11 is 0. The molecule has 9 aliphatic rings. The fraction of sp³-hybridized carbons (Fsp3) is 0.864. The Kier molecular flexibility index (Phi) is 10.0. The Labute approximate surface area is 294 Å². The molecule has 2 aliphatic heterocycles. The number of fused-ring (bicyclic) bond motifs is 5. The first-order valence-electron chi connectivity index (χ1n) is 21.9. The highest BCUT2D eigenvalue weighted by Gasteiger charge is 2.56. The Morgan fingerprint density at radius 3 is 2.23 bits per heavy atom. The third-order valence-electron chi connectivity index (χ3n) is 16.4. The van der Waals surface area contributed by atoms with Gasteiger partial charge in [-0.2, -0.15) is 0 Å². The molecular weight excluding hydrogens is 585 g/mol. The molecule has 48 heavy (non-hydrogen) atoms. The van der Waals surface area contributed by atoms with Crippen molar-refractivity contribution in [1.82, 2.24) is 15.5 Å². The van der Waals surface area contributed by atoms with E-state index >= 15 is 0 Å². The molecule has 4 nitrogen and oxygen atoms in total. The monoisotopic (exact) mass is 656 g/mol. The van der Waals surface area contributed by atoms with Crippen LogP contribution in [0, 0.1) is 53.3 Å². The lowest BCUT2D eigenvalue weighted by molar-refractivity contribution is -0.741. The van der Waals surface area contributed by atoms with Gasteiger partial charge >= 0.3 is 0 Å². The highest BCUT2D eigenvalue weighted by atomic mass is 15.4. The Hall–Kier alpha value is -0.940. The van der Waals surface area contributed by atoms with E-state index in [0.717, 1.165) is 71.4 Å². The first-order valence-corrected chi connectivity index (χ1v) is 21.9. The van der Waals surface area contributed by atoms with E-state index in [0.29, 0.717) is 18.5 Å². The minimum absolute atomic E-state index is 0.487. The average Bonchev–Trinajstić information content (AvgIpc) is 3.50. The number of hydrogen-bond donors (Lipinski definition) is 3. The predicted octanol–water partition coefficient (Wildman–Crippen LogP) is 8.42. The Bertz CT molecular complexity index is 1140. The summed E-state index contributed by atoms with van der Waals surface area (Å²) in [5.74, 6) is 7.87. The highest BCUT2D eigenvalue weighted by Crippen LogP contribution is 2.55. The minimum Gasteiger partial charge on any atom is -0.313 e. The second-order valence-corrected chi connectivity index (χ2v) is 19.0. The molecule has 4 heteroatoms. The molecule has 4 N–H and O–H groups in total. The van der Waals surface area contributed by atoms with E-state index in [4.69, 9.17) is 0 Å². The smallest absolute Gasteiger partial charge is 0.164 e. The van der Waals surface area contributed by atoms with Crippen molar-refractivity contribution in [2.45, 2.75) is 185 Å². The molecule has 9 rings (SSSR count). The quantitative estimate of drug-likeness (QED) is 0.261. The van der Waals surface area contributed by atoms with E-state index < -0.39 is 0 Å². The lowest BCUT2D eigenvalue weighted by Gasteiger charge is -2.48. The van der Waals surface area contributed by atoms with Crippen molar-refractivity contribution < 1.29 is 5.32 Å². The van der Waals surface area contributed by atoms with E-state index in [2.05, 4.69) is 58.2 Å². The molecule has 0 bridgehead atoms. The van der Waals surface area contributed by atoms with Gasteiger partial charge in [0, 0.05) is 24.0 Å². The lowest BCUT2D eigenvalue weighted by Crippen LogP contribution is -3.06. The minimum atomic E-state index is 0.487. The van der Waals surface area contributed by atoms with Crippen LogP contribution in [0.4, 0.5) is 0 Å². The largest absolute Gasteiger partial charge is 0.313 e. The van der Waals surface area contributed by atoms with Crippen molar-refractivity contribution in [2.24, 2.45) is 53.3 Å². The van der Waals surface area contributed by atoms with Gasteiger partial charge < -0.3 is 5.32 Å². The zero-order valence-corrected chi connectivity index (χ0v) is 30.6. The zero-order valence-electron chi connectivity index (χ0n) is 30.6. The second kappa shape index (κ2) is 14.6. The number of quaternary nitrogens is 1. The topological polar surface area (TPSA) is 43.9 Å². The normalized spacial score (nSPS) is 47.6. The molecule has 4 saturated carbocycles. The molecule has 0 amide bonds. The summed E-state index contributed by atoms with van der Waals surface area (Å²) in [7, 11) is 0. The molecular formula is C44H71N4+. The Morgan fingerprint density at radius 1 is 0.688 bits per heavy atom. The molecule has 11 atom stereocenters. The van der Waals surface area contributed by atoms with Crippen molar-refractivity contribution in [2.75, 3.05) is 0 Å². The Morgan fingerprint density at radius 2 is 1.46 bits per heavy atom. The third-order valence-corrected chi connectivity index (χ3v) is 16.4. The molecule has 11 unspecified atom stereocenters. The van der Waals surface area contributed by atoms with Crippen molar-refractivity contribution in [3.63, 3.8) is 0 Å². The summed E-state index contributed by atoms with van der Waals surface area (Å²) in [5, 5.41) is 11.2. The molecule has 0 aromatic heterocycles. The van der Waals surface area contributed by atoms with Crippen LogP contribution >= 0.6 is 0 Å². The number of likely N-dealkylation sites (tertiary alicyclic amines) is 1. The molecule has 2 saturated heterocycles. The van der Waals surface area contributed by atoms with Gasteiger partial charge in [0.2, 0.25) is 0 Å². The second-order valence-electron chi connectivity index (χ2n) is 19.0. The van der Waals surface area contributed by atoms with Crippen LogP contribution in [0.15, 0.2) is 36.0 Å². The number of nitrogens with zero attached hydrogens (tertiary/aromatic N) is 1.